The first-order chi connectivity index (χ1) is 10.0. The lowest BCUT2D eigenvalue weighted by Crippen LogP contribution is -2.59. The minimum atomic E-state index is -0.780. The van der Waals surface area contributed by atoms with Crippen molar-refractivity contribution in [1.29, 1.82) is 0 Å². The van der Waals surface area contributed by atoms with Gasteiger partial charge in [0.15, 0.2) is 0 Å². The van der Waals surface area contributed by atoms with E-state index in [1.807, 2.05) is 4.90 Å². The van der Waals surface area contributed by atoms with Crippen molar-refractivity contribution in [3.8, 4) is 0 Å². The number of aliphatic carboxylic acids is 1. The number of carboxylic acid groups (broad SMARTS) is 1. The molecule has 2 aliphatic heterocycles. The fourth-order valence-corrected chi connectivity index (χ4v) is 2.92. The van der Waals surface area contributed by atoms with Crippen LogP contribution in [0.1, 0.15) is 33.1 Å². The summed E-state index contributed by atoms with van der Waals surface area (Å²) in [7, 11) is 0. The molecule has 2 saturated heterocycles. The molecular formula is C15H26N2O4. The highest BCUT2D eigenvalue weighted by Gasteiger charge is 2.39. The molecule has 0 aromatic rings. The molecule has 0 aromatic heterocycles. The van der Waals surface area contributed by atoms with E-state index in [0.29, 0.717) is 19.6 Å². The predicted octanol–water partition coefficient (Wildman–Crippen LogP) is 1.65. The molecule has 2 amide bonds. The van der Waals surface area contributed by atoms with E-state index in [0.717, 1.165) is 32.4 Å². The Balaban J connectivity index is 1.78. The summed E-state index contributed by atoms with van der Waals surface area (Å²) in [5.41, 5.74) is 0. The second-order valence-electron chi connectivity index (χ2n) is 6.16. The lowest BCUT2D eigenvalue weighted by Gasteiger charge is -2.45. The van der Waals surface area contributed by atoms with Crippen molar-refractivity contribution in [2.45, 2.75) is 39.2 Å². The van der Waals surface area contributed by atoms with Gasteiger partial charge in [-0.2, -0.15) is 0 Å². The third kappa shape index (κ3) is 3.87. The van der Waals surface area contributed by atoms with Gasteiger partial charge in [-0.05, 0) is 19.3 Å². The van der Waals surface area contributed by atoms with E-state index in [1.54, 1.807) is 11.8 Å². The minimum absolute atomic E-state index is 0.0358. The highest BCUT2D eigenvalue weighted by Crippen LogP contribution is 2.26. The Kier molecular flexibility index (Phi) is 5.45. The molecule has 120 valence electrons. The summed E-state index contributed by atoms with van der Waals surface area (Å²) in [4.78, 5) is 26.9. The maximum Gasteiger partial charge on any atom is 0.320 e. The number of hydrogen-bond donors (Lipinski definition) is 1. The van der Waals surface area contributed by atoms with Crippen LogP contribution in [-0.4, -0.2) is 65.8 Å². The van der Waals surface area contributed by atoms with E-state index in [4.69, 9.17) is 9.84 Å². The fraction of sp³-hybridized carbons (Fsp3) is 0.867. The zero-order valence-corrected chi connectivity index (χ0v) is 13.0. The number of carbonyl (C=O) groups is 2. The molecule has 6 heteroatoms. The average Bonchev–Trinajstić information content (AvgIpc) is 2.43. The van der Waals surface area contributed by atoms with Crippen molar-refractivity contribution in [3.63, 3.8) is 0 Å². The second-order valence-corrected chi connectivity index (χ2v) is 6.16. The SMILES string of the molecule is CCCOC1CCCN(C(=O)N2CC(C(C)C(=O)O)C2)C1. The highest BCUT2D eigenvalue weighted by atomic mass is 16.5. The van der Waals surface area contributed by atoms with Crippen molar-refractivity contribution in [2.24, 2.45) is 11.8 Å². The number of nitrogens with zero attached hydrogens (tertiary/aromatic N) is 2. The summed E-state index contributed by atoms with van der Waals surface area (Å²) in [6, 6.07) is 0.0358. The van der Waals surface area contributed by atoms with Gasteiger partial charge in [0.2, 0.25) is 0 Å². The third-order valence-electron chi connectivity index (χ3n) is 4.48. The van der Waals surface area contributed by atoms with Crippen LogP contribution in [0.5, 0.6) is 0 Å². The Hall–Kier alpha value is -1.30. The summed E-state index contributed by atoms with van der Waals surface area (Å²) in [5, 5.41) is 8.98. The maximum absolute atomic E-state index is 12.4. The van der Waals surface area contributed by atoms with E-state index in [9.17, 15) is 9.59 Å². The van der Waals surface area contributed by atoms with Gasteiger partial charge in [-0.25, -0.2) is 4.79 Å². The average molecular weight is 298 g/mol. The molecule has 2 fully saturated rings. The molecule has 0 spiro atoms. The molecule has 6 nitrogen and oxygen atoms in total. The molecule has 2 aliphatic rings. The van der Waals surface area contributed by atoms with Crippen LogP contribution in [0.4, 0.5) is 4.79 Å². The Morgan fingerprint density at radius 2 is 2.00 bits per heavy atom. The number of carbonyl (C=O) groups excluding carboxylic acids is 1. The smallest absolute Gasteiger partial charge is 0.320 e. The Morgan fingerprint density at radius 1 is 1.29 bits per heavy atom. The largest absolute Gasteiger partial charge is 0.481 e. The number of amides is 2. The number of likely N-dealkylation sites (tertiary alicyclic amines) is 2. The van der Waals surface area contributed by atoms with Gasteiger partial charge in [-0.15, -0.1) is 0 Å². The van der Waals surface area contributed by atoms with Crippen molar-refractivity contribution in [3.05, 3.63) is 0 Å². The number of hydrogen-bond acceptors (Lipinski definition) is 3. The maximum atomic E-state index is 12.4. The van der Waals surface area contributed by atoms with Crippen LogP contribution in [-0.2, 0) is 9.53 Å². The number of carboxylic acids is 1. The minimum Gasteiger partial charge on any atom is -0.481 e. The first-order valence-corrected chi connectivity index (χ1v) is 7.91. The highest BCUT2D eigenvalue weighted by molar-refractivity contribution is 5.76. The predicted molar refractivity (Wildman–Crippen MR) is 78.1 cm³/mol. The van der Waals surface area contributed by atoms with E-state index in [-0.39, 0.29) is 24.0 Å². The van der Waals surface area contributed by atoms with Crippen LogP contribution in [0.15, 0.2) is 0 Å². The Morgan fingerprint density at radius 3 is 2.62 bits per heavy atom. The molecule has 0 bridgehead atoms. The van der Waals surface area contributed by atoms with Gasteiger partial charge in [-0.3, -0.25) is 4.79 Å². The van der Waals surface area contributed by atoms with Gasteiger partial charge in [0.1, 0.15) is 0 Å². The summed E-state index contributed by atoms with van der Waals surface area (Å²) in [6.07, 6.45) is 3.13. The van der Waals surface area contributed by atoms with Gasteiger partial charge in [0, 0.05) is 38.7 Å². The molecule has 1 N–H and O–H groups in total. The lowest BCUT2D eigenvalue weighted by atomic mass is 9.87. The summed E-state index contributed by atoms with van der Waals surface area (Å²) < 4.78 is 5.74. The molecule has 0 aromatic carbocycles. The molecule has 2 rings (SSSR count). The molecule has 0 radical (unpaired) electrons. The van der Waals surface area contributed by atoms with Gasteiger partial charge in [0.25, 0.3) is 0 Å². The van der Waals surface area contributed by atoms with Crippen molar-refractivity contribution in [1.82, 2.24) is 9.80 Å². The zero-order chi connectivity index (χ0) is 15.4. The number of ether oxygens (including phenoxy) is 1. The van der Waals surface area contributed by atoms with Gasteiger partial charge >= 0.3 is 12.0 Å². The van der Waals surface area contributed by atoms with Crippen LogP contribution in [0.3, 0.4) is 0 Å². The standard InChI is InChI=1S/C15H26N2O4/c1-3-7-21-13-5-4-6-16(10-13)15(20)17-8-12(9-17)11(2)14(18)19/h11-13H,3-10H2,1-2H3,(H,18,19). The van der Waals surface area contributed by atoms with Crippen molar-refractivity contribution in [2.75, 3.05) is 32.8 Å². The second kappa shape index (κ2) is 7.11. The summed E-state index contributed by atoms with van der Waals surface area (Å²) >= 11 is 0. The summed E-state index contributed by atoms with van der Waals surface area (Å²) in [6.45, 7) is 7.09. The van der Waals surface area contributed by atoms with E-state index >= 15 is 0 Å². The van der Waals surface area contributed by atoms with Crippen molar-refractivity contribution >= 4 is 12.0 Å². The van der Waals surface area contributed by atoms with Gasteiger partial charge < -0.3 is 19.6 Å². The van der Waals surface area contributed by atoms with Crippen LogP contribution in [0.25, 0.3) is 0 Å². The molecule has 21 heavy (non-hydrogen) atoms. The van der Waals surface area contributed by atoms with E-state index in [2.05, 4.69) is 6.92 Å². The first-order valence-electron chi connectivity index (χ1n) is 7.91. The number of rotatable bonds is 5. The monoisotopic (exact) mass is 298 g/mol. The number of urea groups is 1. The fourth-order valence-electron chi connectivity index (χ4n) is 2.92. The third-order valence-corrected chi connectivity index (χ3v) is 4.48. The molecular weight excluding hydrogens is 272 g/mol. The molecule has 0 saturated carbocycles. The van der Waals surface area contributed by atoms with Crippen LogP contribution >= 0.6 is 0 Å². The quantitative estimate of drug-likeness (QED) is 0.838. The van der Waals surface area contributed by atoms with Crippen LogP contribution in [0.2, 0.25) is 0 Å². The normalized spacial score (nSPS) is 24.6. The topological polar surface area (TPSA) is 70.1 Å². The zero-order valence-electron chi connectivity index (χ0n) is 13.0. The summed E-state index contributed by atoms with van der Waals surface area (Å²) in [5.74, 6) is -1.07. The van der Waals surface area contributed by atoms with E-state index in [1.165, 1.54) is 0 Å². The number of piperidine rings is 1. The lowest BCUT2D eigenvalue weighted by molar-refractivity contribution is -0.145. The Bertz CT molecular complexity index is 382. The van der Waals surface area contributed by atoms with Crippen molar-refractivity contribution < 1.29 is 19.4 Å². The van der Waals surface area contributed by atoms with E-state index < -0.39 is 5.97 Å². The van der Waals surface area contributed by atoms with Crippen LogP contribution in [0, 0.1) is 11.8 Å². The molecule has 0 aliphatic carbocycles. The molecule has 2 unspecified atom stereocenters. The molecule has 2 heterocycles. The van der Waals surface area contributed by atoms with Gasteiger partial charge in [-0.1, -0.05) is 13.8 Å². The van der Waals surface area contributed by atoms with Crippen LogP contribution < -0.4 is 0 Å². The Labute approximate surface area is 126 Å². The molecule has 2 atom stereocenters. The first kappa shape index (κ1) is 16.1. The van der Waals surface area contributed by atoms with Gasteiger partial charge in [0.05, 0.1) is 12.0 Å².